The lowest BCUT2D eigenvalue weighted by molar-refractivity contribution is -0.134. The number of nitrogens with zero attached hydrogens (tertiary/aromatic N) is 1. The van der Waals surface area contributed by atoms with Crippen LogP contribution in [0.4, 0.5) is 11.4 Å². The van der Waals surface area contributed by atoms with Crippen LogP contribution < -0.4 is 10.2 Å². The van der Waals surface area contributed by atoms with Crippen LogP contribution in [0.2, 0.25) is 0 Å². The van der Waals surface area contributed by atoms with Gasteiger partial charge in [-0.25, -0.2) is 0 Å². The SMILES string of the molecule is Cc1cc(Br)ccc1NC(=O)C(=O)N(C)c1ccccc1. The summed E-state index contributed by atoms with van der Waals surface area (Å²) in [6, 6.07) is 14.5. The molecule has 4 nitrogen and oxygen atoms in total. The van der Waals surface area contributed by atoms with Crippen molar-refractivity contribution in [2.75, 3.05) is 17.3 Å². The van der Waals surface area contributed by atoms with Crippen LogP contribution >= 0.6 is 15.9 Å². The van der Waals surface area contributed by atoms with E-state index in [1.54, 1.807) is 25.2 Å². The van der Waals surface area contributed by atoms with Crippen molar-refractivity contribution in [2.24, 2.45) is 0 Å². The first-order valence-electron chi connectivity index (χ1n) is 6.39. The molecule has 0 fully saturated rings. The van der Waals surface area contributed by atoms with Crippen molar-refractivity contribution in [3.8, 4) is 0 Å². The van der Waals surface area contributed by atoms with Gasteiger partial charge >= 0.3 is 11.8 Å². The Hall–Kier alpha value is -2.14. The Balaban J connectivity index is 2.11. The van der Waals surface area contributed by atoms with Gasteiger partial charge in [0.1, 0.15) is 0 Å². The molecule has 2 amide bonds. The van der Waals surface area contributed by atoms with Crippen LogP contribution in [0.1, 0.15) is 5.56 Å². The van der Waals surface area contributed by atoms with Gasteiger partial charge in [-0.2, -0.15) is 0 Å². The summed E-state index contributed by atoms with van der Waals surface area (Å²) in [5.74, 6) is -1.27. The minimum atomic E-state index is -0.660. The fourth-order valence-electron chi connectivity index (χ4n) is 1.86. The monoisotopic (exact) mass is 346 g/mol. The predicted molar refractivity (Wildman–Crippen MR) is 87.4 cm³/mol. The highest BCUT2D eigenvalue weighted by Crippen LogP contribution is 2.20. The van der Waals surface area contributed by atoms with Gasteiger partial charge in [-0.3, -0.25) is 9.59 Å². The van der Waals surface area contributed by atoms with Gasteiger partial charge in [-0.15, -0.1) is 0 Å². The van der Waals surface area contributed by atoms with Crippen LogP contribution in [0, 0.1) is 6.92 Å². The third-order valence-corrected chi connectivity index (χ3v) is 3.57. The van der Waals surface area contributed by atoms with Gasteiger partial charge in [-0.1, -0.05) is 34.1 Å². The number of aryl methyl sites for hydroxylation is 1. The number of hydrogen-bond donors (Lipinski definition) is 1. The molecule has 108 valence electrons. The predicted octanol–water partition coefficient (Wildman–Crippen LogP) is 3.36. The maximum atomic E-state index is 12.1. The van der Waals surface area contributed by atoms with Crippen molar-refractivity contribution in [1.82, 2.24) is 0 Å². The lowest BCUT2D eigenvalue weighted by atomic mass is 10.2. The highest BCUT2D eigenvalue weighted by atomic mass is 79.9. The largest absolute Gasteiger partial charge is 0.318 e. The van der Waals surface area contributed by atoms with Crippen molar-refractivity contribution in [2.45, 2.75) is 6.92 Å². The van der Waals surface area contributed by atoms with E-state index in [-0.39, 0.29) is 0 Å². The molecule has 0 aliphatic rings. The van der Waals surface area contributed by atoms with Gasteiger partial charge in [0.15, 0.2) is 0 Å². The maximum Gasteiger partial charge on any atom is 0.316 e. The first kappa shape index (κ1) is 15.3. The molecule has 0 unspecified atom stereocenters. The summed E-state index contributed by atoms with van der Waals surface area (Å²) in [5.41, 5.74) is 2.18. The number of amides is 2. The summed E-state index contributed by atoms with van der Waals surface area (Å²) in [6.07, 6.45) is 0. The second-order valence-electron chi connectivity index (χ2n) is 4.61. The lowest BCUT2D eigenvalue weighted by Crippen LogP contribution is -2.37. The third-order valence-electron chi connectivity index (χ3n) is 3.08. The van der Waals surface area contributed by atoms with Crippen LogP contribution in [-0.4, -0.2) is 18.9 Å². The Morgan fingerprint density at radius 3 is 2.38 bits per heavy atom. The molecule has 0 saturated heterocycles. The van der Waals surface area contributed by atoms with Crippen molar-refractivity contribution in [3.63, 3.8) is 0 Å². The highest BCUT2D eigenvalue weighted by Gasteiger charge is 2.20. The molecule has 2 aromatic rings. The molecule has 2 aromatic carbocycles. The molecule has 0 radical (unpaired) electrons. The van der Waals surface area contributed by atoms with E-state index in [4.69, 9.17) is 0 Å². The number of nitrogens with one attached hydrogen (secondary N) is 1. The standard InChI is InChI=1S/C16H15BrN2O2/c1-11-10-12(17)8-9-14(11)18-15(20)16(21)19(2)13-6-4-3-5-7-13/h3-10H,1-2H3,(H,18,20). The van der Waals surface area contributed by atoms with E-state index in [1.807, 2.05) is 37.3 Å². The Bertz CT molecular complexity index is 671. The van der Waals surface area contributed by atoms with Gasteiger partial charge in [0.05, 0.1) is 0 Å². The zero-order valence-corrected chi connectivity index (χ0v) is 13.3. The van der Waals surface area contributed by atoms with Gasteiger partial charge in [-0.05, 0) is 42.8 Å². The molecule has 0 saturated carbocycles. The second-order valence-corrected chi connectivity index (χ2v) is 5.53. The van der Waals surface area contributed by atoms with E-state index in [1.165, 1.54) is 4.90 Å². The van der Waals surface area contributed by atoms with E-state index in [0.29, 0.717) is 11.4 Å². The number of carbonyl (C=O) groups excluding carboxylic acids is 2. The molecule has 0 atom stereocenters. The Morgan fingerprint density at radius 2 is 1.76 bits per heavy atom. The third kappa shape index (κ3) is 3.70. The molecule has 2 rings (SSSR count). The average Bonchev–Trinajstić information content (AvgIpc) is 2.49. The van der Waals surface area contributed by atoms with Gasteiger partial charge < -0.3 is 10.2 Å². The smallest absolute Gasteiger partial charge is 0.316 e. The number of benzene rings is 2. The molecular formula is C16H15BrN2O2. The van der Waals surface area contributed by atoms with Crippen LogP contribution in [0.15, 0.2) is 53.0 Å². The number of carbonyl (C=O) groups is 2. The van der Waals surface area contributed by atoms with Gasteiger partial charge in [0, 0.05) is 22.9 Å². The van der Waals surface area contributed by atoms with Crippen molar-refractivity contribution in [3.05, 3.63) is 58.6 Å². The highest BCUT2D eigenvalue weighted by molar-refractivity contribution is 9.10. The molecule has 21 heavy (non-hydrogen) atoms. The van der Waals surface area contributed by atoms with Crippen LogP contribution in [0.3, 0.4) is 0 Å². The zero-order valence-electron chi connectivity index (χ0n) is 11.8. The summed E-state index contributed by atoms with van der Waals surface area (Å²) >= 11 is 3.36. The normalized spacial score (nSPS) is 10.0. The zero-order chi connectivity index (χ0) is 15.4. The summed E-state index contributed by atoms with van der Waals surface area (Å²) in [5, 5.41) is 2.64. The van der Waals surface area contributed by atoms with Gasteiger partial charge in [0.2, 0.25) is 0 Å². The van der Waals surface area contributed by atoms with E-state index >= 15 is 0 Å². The van der Waals surface area contributed by atoms with E-state index < -0.39 is 11.8 Å². The number of likely N-dealkylation sites (N-methyl/N-ethyl adjacent to an activating group) is 1. The van der Waals surface area contributed by atoms with Crippen molar-refractivity contribution in [1.29, 1.82) is 0 Å². The van der Waals surface area contributed by atoms with Crippen LogP contribution in [-0.2, 0) is 9.59 Å². The van der Waals surface area contributed by atoms with E-state index in [9.17, 15) is 9.59 Å². The molecule has 0 aliphatic heterocycles. The lowest BCUT2D eigenvalue weighted by Gasteiger charge is -2.17. The molecule has 0 aliphatic carbocycles. The topological polar surface area (TPSA) is 49.4 Å². The van der Waals surface area contributed by atoms with E-state index in [0.717, 1.165) is 10.0 Å². The fraction of sp³-hybridized carbons (Fsp3) is 0.125. The number of hydrogen-bond acceptors (Lipinski definition) is 2. The number of rotatable bonds is 2. The van der Waals surface area contributed by atoms with Gasteiger partial charge in [0.25, 0.3) is 0 Å². The minimum Gasteiger partial charge on any atom is -0.318 e. The Kier molecular flexibility index (Phi) is 4.75. The average molecular weight is 347 g/mol. The quantitative estimate of drug-likeness (QED) is 0.847. The molecular weight excluding hydrogens is 332 g/mol. The summed E-state index contributed by atoms with van der Waals surface area (Å²) in [7, 11) is 1.58. The Morgan fingerprint density at radius 1 is 1.10 bits per heavy atom. The molecule has 1 N–H and O–H groups in total. The van der Waals surface area contributed by atoms with E-state index in [2.05, 4.69) is 21.2 Å². The van der Waals surface area contributed by atoms with Crippen LogP contribution in [0.25, 0.3) is 0 Å². The number of anilines is 2. The number of para-hydroxylation sites is 1. The number of halogens is 1. The van der Waals surface area contributed by atoms with Crippen LogP contribution in [0.5, 0.6) is 0 Å². The first-order chi connectivity index (χ1) is 9.99. The minimum absolute atomic E-state index is 0.608. The van der Waals surface area contributed by atoms with Crippen molar-refractivity contribution >= 4 is 39.1 Å². The summed E-state index contributed by atoms with van der Waals surface area (Å²) in [4.78, 5) is 25.5. The summed E-state index contributed by atoms with van der Waals surface area (Å²) < 4.78 is 0.922. The molecule has 0 heterocycles. The summed E-state index contributed by atoms with van der Waals surface area (Å²) in [6.45, 7) is 1.87. The second kappa shape index (κ2) is 6.54. The Labute approximate surface area is 131 Å². The molecule has 0 aromatic heterocycles. The molecule has 0 bridgehead atoms. The maximum absolute atomic E-state index is 12.1. The van der Waals surface area contributed by atoms with Crippen molar-refractivity contribution < 1.29 is 9.59 Å². The molecule has 5 heteroatoms. The fourth-order valence-corrected chi connectivity index (χ4v) is 2.34. The molecule has 0 spiro atoms. The first-order valence-corrected chi connectivity index (χ1v) is 7.18.